The minimum Gasteiger partial charge on any atom is -0.355 e. The molecule has 1 N–H and O–H groups in total. The van der Waals surface area contributed by atoms with Crippen LogP contribution in [0, 0.1) is 0 Å². The van der Waals surface area contributed by atoms with Gasteiger partial charge >= 0.3 is 0 Å². The number of hydrogen-bond donors (Lipinski definition) is 1. The maximum atomic E-state index is 13.0. The summed E-state index contributed by atoms with van der Waals surface area (Å²) in [6.45, 7) is 6.29. The Morgan fingerprint density at radius 2 is 1.56 bits per heavy atom. The number of amides is 2. The van der Waals surface area contributed by atoms with Crippen molar-refractivity contribution in [2.75, 3.05) is 57.3 Å². The van der Waals surface area contributed by atoms with Crippen LogP contribution < -0.4 is 10.2 Å². The molecular formula is C28H32N4O2. The molecule has 6 nitrogen and oxygen atoms in total. The van der Waals surface area contributed by atoms with E-state index in [0.717, 1.165) is 67.6 Å². The van der Waals surface area contributed by atoms with Crippen molar-refractivity contribution in [3.63, 3.8) is 0 Å². The lowest BCUT2D eigenvalue weighted by Gasteiger charge is -2.35. The minimum atomic E-state index is 0.106. The van der Waals surface area contributed by atoms with E-state index >= 15 is 0 Å². The third-order valence-electron chi connectivity index (χ3n) is 6.93. The van der Waals surface area contributed by atoms with Crippen LogP contribution in [0.25, 0.3) is 10.8 Å². The molecule has 0 bridgehead atoms. The van der Waals surface area contributed by atoms with E-state index in [4.69, 9.17) is 0 Å². The van der Waals surface area contributed by atoms with Crippen LogP contribution in [-0.4, -0.2) is 74.0 Å². The smallest absolute Gasteiger partial charge is 0.259 e. The van der Waals surface area contributed by atoms with Crippen LogP contribution in [0.4, 0.5) is 5.69 Å². The van der Waals surface area contributed by atoms with Gasteiger partial charge in [0.25, 0.3) is 5.91 Å². The highest BCUT2D eigenvalue weighted by atomic mass is 16.2. The van der Waals surface area contributed by atoms with Gasteiger partial charge in [-0.2, -0.15) is 0 Å². The molecule has 2 aliphatic rings. The monoisotopic (exact) mass is 456 g/mol. The van der Waals surface area contributed by atoms with Crippen molar-refractivity contribution in [1.29, 1.82) is 0 Å². The van der Waals surface area contributed by atoms with Gasteiger partial charge in [-0.15, -0.1) is 0 Å². The van der Waals surface area contributed by atoms with E-state index in [2.05, 4.69) is 51.5 Å². The molecule has 0 aromatic heterocycles. The summed E-state index contributed by atoms with van der Waals surface area (Å²) in [6.07, 6.45) is 1.94. The van der Waals surface area contributed by atoms with E-state index < -0.39 is 0 Å². The topological polar surface area (TPSA) is 55.9 Å². The molecule has 0 saturated carbocycles. The number of carbonyl (C=O) groups excluding carboxylic acids is 2. The first-order chi connectivity index (χ1) is 16.7. The summed E-state index contributed by atoms with van der Waals surface area (Å²) in [4.78, 5) is 31.8. The third-order valence-corrected chi connectivity index (χ3v) is 6.93. The fourth-order valence-electron chi connectivity index (χ4n) is 5.04. The average Bonchev–Trinajstić information content (AvgIpc) is 3.15. The first-order valence-corrected chi connectivity index (χ1v) is 12.3. The summed E-state index contributed by atoms with van der Waals surface area (Å²) in [5.74, 6) is 0.212. The number of nitrogens with zero attached hydrogens (tertiary/aromatic N) is 3. The predicted molar refractivity (Wildman–Crippen MR) is 136 cm³/mol. The highest BCUT2D eigenvalue weighted by molar-refractivity contribution is 6.25. The standard InChI is InChI=1S/C28H32N4O2/c33-26(29-14-6-9-22-7-2-1-3-8-22)21-31-17-15-30(16-18-31)19-20-32-25-13-5-11-23-10-4-12-24(27(23)25)28(32)34/h1-5,7-8,10-13H,6,9,14-21H2,(H,29,33). The molecule has 2 amide bonds. The third kappa shape index (κ3) is 4.98. The highest BCUT2D eigenvalue weighted by Gasteiger charge is 2.30. The second kappa shape index (κ2) is 10.4. The van der Waals surface area contributed by atoms with E-state index in [1.54, 1.807) is 0 Å². The number of anilines is 1. The van der Waals surface area contributed by atoms with Crippen LogP contribution in [0.2, 0.25) is 0 Å². The average molecular weight is 457 g/mol. The van der Waals surface area contributed by atoms with Gasteiger partial charge in [0.05, 0.1) is 12.2 Å². The van der Waals surface area contributed by atoms with Gasteiger partial charge in [-0.1, -0.05) is 54.6 Å². The van der Waals surface area contributed by atoms with Gasteiger partial charge in [0.2, 0.25) is 5.91 Å². The Hall–Kier alpha value is -3.22. The Balaban J connectivity index is 1.03. The van der Waals surface area contributed by atoms with Crippen LogP contribution in [0.1, 0.15) is 22.3 Å². The van der Waals surface area contributed by atoms with Crippen molar-refractivity contribution in [2.45, 2.75) is 12.8 Å². The zero-order valence-corrected chi connectivity index (χ0v) is 19.6. The SMILES string of the molecule is O=C(CN1CCN(CCN2C(=O)c3cccc4cccc2c34)CC1)NCCCc1ccccc1. The second-order valence-corrected chi connectivity index (χ2v) is 9.19. The predicted octanol–water partition coefficient (Wildman–Crippen LogP) is 3.17. The van der Waals surface area contributed by atoms with Crippen molar-refractivity contribution in [3.05, 3.63) is 77.9 Å². The zero-order chi connectivity index (χ0) is 23.3. The number of aryl methyl sites for hydroxylation is 1. The van der Waals surface area contributed by atoms with Crippen molar-refractivity contribution in [3.8, 4) is 0 Å². The Morgan fingerprint density at radius 3 is 2.35 bits per heavy atom. The Kier molecular flexibility index (Phi) is 6.88. The zero-order valence-electron chi connectivity index (χ0n) is 19.6. The van der Waals surface area contributed by atoms with Gasteiger partial charge in [-0.3, -0.25) is 19.4 Å². The molecule has 0 unspecified atom stereocenters. The van der Waals surface area contributed by atoms with Crippen LogP contribution in [-0.2, 0) is 11.2 Å². The summed E-state index contributed by atoms with van der Waals surface area (Å²) in [5.41, 5.74) is 3.15. The summed E-state index contributed by atoms with van der Waals surface area (Å²) in [7, 11) is 0. The van der Waals surface area contributed by atoms with Gasteiger partial charge in [-0.05, 0) is 35.9 Å². The molecule has 5 rings (SSSR count). The molecule has 6 heteroatoms. The summed E-state index contributed by atoms with van der Waals surface area (Å²) >= 11 is 0. The largest absolute Gasteiger partial charge is 0.355 e. The van der Waals surface area contributed by atoms with Gasteiger partial charge in [0.15, 0.2) is 0 Å². The number of benzene rings is 3. The Labute approximate surface area is 201 Å². The fraction of sp³-hybridized carbons (Fsp3) is 0.357. The van der Waals surface area contributed by atoms with E-state index in [9.17, 15) is 9.59 Å². The van der Waals surface area contributed by atoms with Crippen LogP contribution in [0.5, 0.6) is 0 Å². The van der Waals surface area contributed by atoms with E-state index in [1.807, 2.05) is 35.2 Å². The quantitative estimate of drug-likeness (QED) is 0.503. The highest BCUT2D eigenvalue weighted by Crippen LogP contribution is 2.36. The number of nitrogens with one attached hydrogen (secondary N) is 1. The molecule has 3 aromatic rings. The molecular weight excluding hydrogens is 424 g/mol. The number of hydrogen-bond acceptors (Lipinski definition) is 4. The van der Waals surface area contributed by atoms with Crippen LogP contribution in [0.15, 0.2) is 66.7 Å². The summed E-state index contributed by atoms with van der Waals surface area (Å²) < 4.78 is 0. The van der Waals surface area contributed by atoms with Crippen molar-refractivity contribution < 1.29 is 9.59 Å². The first-order valence-electron chi connectivity index (χ1n) is 12.3. The Bertz CT molecular complexity index is 1150. The summed E-state index contributed by atoms with van der Waals surface area (Å²) in [6, 6.07) is 22.5. The lowest BCUT2D eigenvalue weighted by molar-refractivity contribution is -0.122. The van der Waals surface area contributed by atoms with E-state index in [1.165, 1.54) is 5.56 Å². The molecule has 176 valence electrons. The van der Waals surface area contributed by atoms with Gasteiger partial charge < -0.3 is 10.2 Å². The van der Waals surface area contributed by atoms with Gasteiger partial charge in [-0.25, -0.2) is 0 Å². The van der Waals surface area contributed by atoms with Gasteiger partial charge in [0, 0.05) is 56.8 Å². The van der Waals surface area contributed by atoms with Crippen LogP contribution >= 0.6 is 0 Å². The molecule has 0 radical (unpaired) electrons. The van der Waals surface area contributed by atoms with Crippen molar-refractivity contribution in [2.24, 2.45) is 0 Å². The minimum absolute atomic E-state index is 0.106. The lowest BCUT2D eigenvalue weighted by atomic mass is 10.1. The van der Waals surface area contributed by atoms with E-state index in [-0.39, 0.29) is 11.8 Å². The normalized spacial score (nSPS) is 16.4. The Morgan fingerprint density at radius 1 is 0.824 bits per heavy atom. The van der Waals surface area contributed by atoms with Crippen molar-refractivity contribution in [1.82, 2.24) is 15.1 Å². The number of piperazine rings is 1. The molecule has 0 spiro atoms. The molecule has 3 aromatic carbocycles. The maximum absolute atomic E-state index is 13.0. The molecule has 2 aliphatic heterocycles. The molecule has 2 heterocycles. The lowest BCUT2D eigenvalue weighted by Crippen LogP contribution is -2.51. The molecule has 1 saturated heterocycles. The maximum Gasteiger partial charge on any atom is 0.259 e. The fourth-order valence-corrected chi connectivity index (χ4v) is 5.04. The molecule has 1 fully saturated rings. The van der Waals surface area contributed by atoms with Crippen LogP contribution in [0.3, 0.4) is 0 Å². The molecule has 34 heavy (non-hydrogen) atoms. The summed E-state index contributed by atoms with van der Waals surface area (Å²) in [5, 5.41) is 5.26. The number of carbonyl (C=O) groups is 2. The van der Waals surface area contributed by atoms with Gasteiger partial charge in [0.1, 0.15) is 0 Å². The molecule has 0 aliphatic carbocycles. The molecule has 0 atom stereocenters. The second-order valence-electron chi connectivity index (χ2n) is 9.19. The van der Waals surface area contributed by atoms with E-state index in [0.29, 0.717) is 19.6 Å². The number of rotatable bonds is 9. The first kappa shape index (κ1) is 22.6. The van der Waals surface area contributed by atoms with Crippen molar-refractivity contribution >= 4 is 28.3 Å².